The van der Waals surface area contributed by atoms with Gasteiger partial charge in [-0.25, -0.2) is 16.8 Å². The van der Waals surface area contributed by atoms with Crippen molar-refractivity contribution in [1.82, 2.24) is 0 Å². The molecule has 0 aromatic carbocycles. The van der Waals surface area contributed by atoms with Crippen molar-refractivity contribution in [2.24, 2.45) is 46.3 Å². The van der Waals surface area contributed by atoms with Gasteiger partial charge in [-0.1, -0.05) is 52.2 Å². The zero-order chi connectivity index (χ0) is 28.1. The number of hydrogen-bond donors (Lipinski definition) is 1. The van der Waals surface area contributed by atoms with Crippen LogP contribution in [0.1, 0.15) is 91.9 Å². The molecule has 4 aliphatic carbocycles. The van der Waals surface area contributed by atoms with Gasteiger partial charge in [0.05, 0.1) is 12.7 Å². The average molecular weight is 577 g/mol. The maximum atomic E-state index is 11.3. The van der Waals surface area contributed by atoms with Crippen LogP contribution in [-0.2, 0) is 29.2 Å². The molecule has 0 saturated heterocycles. The zero-order valence-corrected chi connectivity index (χ0v) is 24.6. The van der Waals surface area contributed by atoms with Gasteiger partial charge in [0.1, 0.15) is 6.10 Å². The molecule has 0 aliphatic heterocycles. The Bertz CT molecular complexity index is 1100. The third-order valence-electron chi connectivity index (χ3n) is 10.8. The molecule has 3 saturated carbocycles. The van der Waals surface area contributed by atoms with E-state index in [1.54, 1.807) is 0 Å². The molecule has 0 amide bonds. The molecule has 38 heavy (non-hydrogen) atoms. The van der Waals surface area contributed by atoms with E-state index in [4.69, 9.17) is 4.18 Å². The van der Waals surface area contributed by atoms with Crippen LogP contribution in [0.4, 0.5) is 0 Å². The summed E-state index contributed by atoms with van der Waals surface area (Å²) in [6.07, 6.45) is 8.39. The van der Waals surface area contributed by atoms with Crippen LogP contribution >= 0.6 is 0 Å². The van der Waals surface area contributed by atoms with Crippen molar-refractivity contribution < 1.29 is 39.4 Å². The Morgan fingerprint density at radius 3 is 2.39 bits per heavy atom. The first kappa shape index (κ1) is 30.4. The normalized spacial score (nSPS) is 40.3. The fraction of sp³-hybridized carbons (Fsp3) is 0.926. The lowest BCUT2D eigenvalue weighted by Crippen LogP contribution is -2.54. The van der Waals surface area contributed by atoms with Gasteiger partial charge in [-0.05, 0) is 97.7 Å². The largest absolute Gasteiger partial charge is 0.726 e. The summed E-state index contributed by atoms with van der Waals surface area (Å²) in [5.74, 6) is 2.01. The lowest BCUT2D eigenvalue weighted by Gasteiger charge is -2.59. The highest BCUT2D eigenvalue weighted by Crippen LogP contribution is 2.67. The van der Waals surface area contributed by atoms with Crippen molar-refractivity contribution in [1.29, 1.82) is 0 Å². The van der Waals surface area contributed by atoms with Gasteiger partial charge in [-0.2, -0.15) is 0 Å². The fourth-order valence-corrected chi connectivity index (χ4v) is 9.94. The molecule has 11 heteroatoms. The lowest BCUT2D eigenvalue weighted by molar-refractivity contribution is -0.0866. The first-order valence-electron chi connectivity index (χ1n) is 14.2. The monoisotopic (exact) mass is 576 g/mol. The molecule has 4 aliphatic rings. The molecule has 9 nitrogen and oxygen atoms in total. The van der Waals surface area contributed by atoms with E-state index in [0.717, 1.165) is 56.9 Å². The lowest BCUT2D eigenvalue weighted by atomic mass is 9.46. The van der Waals surface area contributed by atoms with Crippen LogP contribution in [0.15, 0.2) is 11.6 Å². The first-order valence-corrected chi connectivity index (χ1v) is 16.8. The Balaban J connectivity index is 1.54. The summed E-state index contributed by atoms with van der Waals surface area (Å²) in [5.41, 5.74) is 0.804. The molecule has 0 spiro atoms. The average Bonchev–Trinajstić information content (AvgIpc) is 3.12. The summed E-state index contributed by atoms with van der Waals surface area (Å²) in [5, 5.41) is 10.8. The van der Waals surface area contributed by atoms with Crippen LogP contribution in [0.5, 0.6) is 0 Å². The molecular formula is C27H44O9S2-2. The van der Waals surface area contributed by atoms with Crippen molar-refractivity contribution in [2.45, 2.75) is 104 Å². The van der Waals surface area contributed by atoms with Crippen LogP contribution in [-0.4, -0.2) is 49.9 Å². The summed E-state index contributed by atoms with van der Waals surface area (Å²) < 4.78 is 77.0. The predicted molar refractivity (Wildman–Crippen MR) is 139 cm³/mol. The number of hydrogen-bond acceptors (Lipinski definition) is 9. The number of allylic oxidation sites excluding steroid dienone is 1. The van der Waals surface area contributed by atoms with E-state index in [-0.39, 0.29) is 35.7 Å². The molecule has 0 radical (unpaired) electrons. The minimum absolute atomic E-state index is 0.0109. The smallest absolute Gasteiger partial charge is 0.218 e. The third kappa shape index (κ3) is 6.34. The van der Waals surface area contributed by atoms with E-state index < -0.39 is 33.0 Å². The number of fused-ring (bicyclic) bond motifs is 5. The number of aliphatic hydroxyl groups is 1. The Morgan fingerprint density at radius 1 is 1.05 bits per heavy atom. The minimum atomic E-state index is -4.90. The molecule has 0 aromatic heterocycles. The topological polar surface area (TPSA) is 153 Å². The van der Waals surface area contributed by atoms with E-state index in [9.17, 15) is 31.0 Å². The van der Waals surface area contributed by atoms with Gasteiger partial charge in [0.25, 0.3) is 0 Å². The van der Waals surface area contributed by atoms with Gasteiger partial charge in [0.15, 0.2) is 0 Å². The fourth-order valence-electron chi connectivity index (χ4n) is 9.10. The summed E-state index contributed by atoms with van der Waals surface area (Å²) in [4.78, 5) is 0. The Kier molecular flexibility index (Phi) is 8.82. The van der Waals surface area contributed by atoms with E-state index >= 15 is 0 Å². The van der Waals surface area contributed by atoms with E-state index in [2.05, 4.69) is 38.0 Å². The van der Waals surface area contributed by atoms with Crippen LogP contribution in [0.3, 0.4) is 0 Å². The van der Waals surface area contributed by atoms with Crippen molar-refractivity contribution >= 4 is 20.8 Å². The molecule has 9 atom stereocenters. The van der Waals surface area contributed by atoms with E-state index in [0.29, 0.717) is 30.1 Å². The second-order valence-electron chi connectivity index (χ2n) is 13.3. The predicted octanol–water partition coefficient (Wildman–Crippen LogP) is 4.30. The summed E-state index contributed by atoms with van der Waals surface area (Å²) in [6, 6.07) is 0. The Labute approximate surface area is 228 Å². The Hall–Kier alpha value is -0.560. The molecule has 4 rings (SSSR count). The van der Waals surface area contributed by atoms with Crippen LogP contribution in [0.2, 0.25) is 0 Å². The minimum Gasteiger partial charge on any atom is -0.726 e. The number of rotatable bonds is 10. The maximum Gasteiger partial charge on any atom is 0.218 e. The maximum absolute atomic E-state index is 11.3. The summed E-state index contributed by atoms with van der Waals surface area (Å²) in [6.45, 7) is 8.79. The van der Waals surface area contributed by atoms with Crippen molar-refractivity contribution in [3.05, 3.63) is 11.6 Å². The molecular weight excluding hydrogens is 532 g/mol. The van der Waals surface area contributed by atoms with Gasteiger partial charge < -0.3 is 14.2 Å². The molecule has 0 bridgehead atoms. The molecule has 1 N–H and O–H groups in total. The van der Waals surface area contributed by atoms with Crippen molar-refractivity contribution in [2.75, 3.05) is 6.61 Å². The summed E-state index contributed by atoms with van der Waals surface area (Å²) >= 11 is 0. The standard InChI is InChI=1S/C27H46O9S2/c1-17(2)6-5-7-18(16-35-37(29,30)31)21-10-11-22-20-9-8-19-14-25(36-38(32,33)34)24(28)15-27(19,4)23(20)12-13-26(21,22)3/h8,17-18,20-25,28H,5-7,9-16H2,1-4H3,(H,29,30,31)(H,32,33,34)/p-2/t18-,20-,21+,22-,23-,24?,25?,26+,27-/m0/s1. The second-order valence-corrected chi connectivity index (χ2v) is 15.3. The van der Waals surface area contributed by atoms with Crippen molar-refractivity contribution in [3.63, 3.8) is 0 Å². The molecule has 0 heterocycles. The SMILES string of the molecule is CC(C)CCC[C@@H](COS(=O)(=O)[O-])[C@H]1CC[C@H]2[C@@H]3CC=C4CC(OS(=O)(=O)[O-])C(O)C[C@]4(C)[C@H]3CC[C@]12C. The highest BCUT2D eigenvalue weighted by Gasteiger charge is 2.60. The van der Waals surface area contributed by atoms with Gasteiger partial charge in [0.2, 0.25) is 20.8 Å². The highest BCUT2D eigenvalue weighted by atomic mass is 32.3. The van der Waals surface area contributed by atoms with Gasteiger partial charge >= 0.3 is 0 Å². The van der Waals surface area contributed by atoms with E-state index in [1.807, 2.05) is 0 Å². The first-order chi connectivity index (χ1) is 17.5. The highest BCUT2D eigenvalue weighted by molar-refractivity contribution is 7.81. The Morgan fingerprint density at radius 2 is 1.76 bits per heavy atom. The molecule has 0 aromatic rings. The van der Waals surface area contributed by atoms with Gasteiger partial charge in [0, 0.05) is 0 Å². The van der Waals surface area contributed by atoms with Crippen LogP contribution in [0, 0.1) is 46.3 Å². The van der Waals surface area contributed by atoms with Crippen LogP contribution in [0.25, 0.3) is 0 Å². The molecule has 220 valence electrons. The summed E-state index contributed by atoms with van der Waals surface area (Å²) in [7, 11) is -9.65. The zero-order valence-electron chi connectivity index (χ0n) is 23.0. The third-order valence-corrected chi connectivity index (χ3v) is 11.7. The van der Waals surface area contributed by atoms with Crippen LogP contribution < -0.4 is 0 Å². The second kappa shape index (κ2) is 11.0. The van der Waals surface area contributed by atoms with Gasteiger partial charge in [-0.15, -0.1) is 0 Å². The quantitative estimate of drug-likeness (QED) is 0.228. The van der Waals surface area contributed by atoms with Gasteiger partial charge in [-0.3, -0.25) is 8.37 Å². The number of aliphatic hydroxyl groups excluding tert-OH is 1. The van der Waals surface area contributed by atoms with E-state index in [1.165, 1.54) is 0 Å². The van der Waals surface area contributed by atoms with Crippen molar-refractivity contribution in [3.8, 4) is 0 Å². The molecule has 3 fully saturated rings. The molecule has 2 unspecified atom stereocenters.